The first-order valence-electron chi connectivity index (χ1n) is 5.87. The van der Waals surface area contributed by atoms with E-state index in [1.54, 1.807) is 6.07 Å². The number of amides is 1. The first kappa shape index (κ1) is 14.6. The van der Waals surface area contributed by atoms with Crippen LogP contribution in [0, 0.1) is 0 Å². The third-order valence-corrected chi connectivity index (χ3v) is 3.53. The number of hydrogen-bond donors (Lipinski definition) is 2. The van der Waals surface area contributed by atoms with E-state index in [1.807, 2.05) is 12.1 Å². The lowest BCUT2D eigenvalue weighted by Gasteiger charge is -2.16. The summed E-state index contributed by atoms with van der Waals surface area (Å²) < 4.78 is 0.930. The van der Waals surface area contributed by atoms with Gasteiger partial charge in [-0.2, -0.15) is 0 Å². The highest BCUT2D eigenvalue weighted by Gasteiger charge is 2.13. The molecule has 1 rings (SSSR count). The van der Waals surface area contributed by atoms with Crippen LogP contribution in [0.25, 0.3) is 0 Å². The molecule has 1 unspecified atom stereocenters. The van der Waals surface area contributed by atoms with Gasteiger partial charge in [0.1, 0.15) is 0 Å². The predicted molar refractivity (Wildman–Crippen MR) is 77.8 cm³/mol. The molecule has 0 spiro atoms. The number of rotatable bonds is 5. The van der Waals surface area contributed by atoms with Crippen LogP contribution >= 0.6 is 28.6 Å². The van der Waals surface area contributed by atoms with E-state index >= 15 is 0 Å². The van der Waals surface area contributed by atoms with Gasteiger partial charge in [-0.25, -0.2) is 0 Å². The zero-order valence-electron chi connectivity index (χ0n) is 10.2. The molecule has 1 amide bonds. The van der Waals surface area contributed by atoms with E-state index < -0.39 is 0 Å². The summed E-state index contributed by atoms with van der Waals surface area (Å²) >= 11 is 7.67. The molecule has 1 aromatic carbocycles. The third-order valence-electron chi connectivity index (χ3n) is 2.67. The topological polar surface area (TPSA) is 29.1 Å². The Hall–Kier alpha value is -0.480. The van der Waals surface area contributed by atoms with Gasteiger partial charge in [-0.3, -0.25) is 4.79 Å². The Morgan fingerprint density at radius 1 is 1.47 bits per heavy atom. The van der Waals surface area contributed by atoms with Crippen LogP contribution in [-0.4, -0.2) is 11.9 Å². The van der Waals surface area contributed by atoms with Crippen LogP contribution in [0.15, 0.2) is 27.6 Å². The van der Waals surface area contributed by atoms with Crippen molar-refractivity contribution in [2.24, 2.45) is 0 Å². The van der Waals surface area contributed by atoms with Crippen LogP contribution < -0.4 is 5.32 Å². The van der Waals surface area contributed by atoms with Crippen molar-refractivity contribution >= 4 is 34.5 Å². The van der Waals surface area contributed by atoms with Gasteiger partial charge in [0.25, 0.3) is 5.91 Å². The Labute approximate surface area is 117 Å². The summed E-state index contributed by atoms with van der Waals surface area (Å²) in [6, 6.07) is 5.73. The molecule has 0 radical (unpaired) electrons. The van der Waals surface area contributed by atoms with Gasteiger partial charge in [-0.15, -0.1) is 12.6 Å². The molecule has 0 saturated heterocycles. The van der Waals surface area contributed by atoms with Gasteiger partial charge < -0.3 is 5.32 Å². The Balaban J connectivity index is 2.75. The van der Waals surface area contributed by atoms with Crippen molar-refractivity contribution in [3.05, 3.63) is 28.2 Å². The van der Waals surface area contributed by atoms with Gasteiger partial charge in [-0.1, -0.05) is 36.2 Å². The van der Waals surface area contributed by atoms with Crippen LogP contribution in [0.5, 0.6) is 0 Å². The van der Waals surface area contributed by atoms with Crippen LogP contribution in [0.3, 0.4) is 0 Å². The summed E-state index contributed by atoms with van der Waals surface area (Å²) in [7, 11) is 0. The van der Waals surface area contributed by atoms with Crippen molar-refractivity contribution in [2.45, 2.75) is 44.0 Å². The second kappa shape index (κ2) is 7.07. The number of hydrogen-bond acceptors (Lipinski definition) is 2. The van der Waals surface area contributed by atoms with Crippen molar-refractivity contribution < 1.29 is 4.79 Å². The number of benzene rings is 1. The number of halogens is 1. The lowest BCUT2D eigenvalue weighted by molar-refractivity contribution is 0.0931. The molecule has 1 N–H and O–H groups in total. The van der Waals surface area contributed by atoms with Gasteiger partial charge >= 0.3 is 0 Å². The molecule has 1 aromatic rings. The van der Waals surface area contributed by atoms with Gasteiger partial charge in [0.05, 0.1) is 5.56 Å². The molecule has 0 aliphatic rings. The Morgan fingerprint density at radius 2 is 2.18 bits per heavy atom. The van der Waals surface area contributed by atoms with Crippen LogP contribution in [0.2, 0.25) is 0 Å². The maximum atomic E-state index is 12.0. The minimum Gasteiger partial charge on any atom is -0.349 e. The standard InChI is InChI=1S/C13H18BrNOS/c1-3-5-10(4-2)15-13(16)11-7-6-9(14)8-12(11)17/h6-8,10,17H,3-5H2,1-2H3,(H,15,16). The van der Waals surface area contributed by atoms with Crippen molar-refractivity contribution in [3.8, 4) is 0 Å². The van der Waals surface area contributed by atoms with E-state index in [2.05, 4.69) is 47.7 Å². The average Bonchev–Trinajstić information content (AvgIpc) is 2.28. The molecular formula is C13H18BrNOS. The molecule has 2 nitrogen and oxygen atoms in total. The molecule has 4 heteroatoms. The largest absolute Gasteiger partial charge is 0.349 e. The molecule has 0 fully saturated rings. The van der Waals surface area contributed by atoms with E-state index in [-0.39, 0.29) is 11.9 Å². The first-order valence-corrected chi connectivity index (χ1v) is 7.11. The second-order valence-electron chi connectivity index (χ2n) is 4.03. The average molecular weight is 316 g/mol. The number of carbonyl (C=O) groups excluding carboxylic acids is 1. The highest BCUT2D eigenvalue weighted by Crippen LogP contribution is 2.20. The number of thiol groups is 1. The van der Waals surface area contributed by atoms with Crippen molar-refractivity contribution in [2.75, 3.05) is 0 Å². The Morgan fingerprint density at radius 3 is 2.71 bits per heavy atom. The number of nitrogens with one attached hydrogen (secondary N) is 1. The molecule has 0 aromatic heterocycles. The summed E-state index contributed by atoms with van der Waals surface area (Å²) in [5.74, 6) is -0.0391. The monoisotopic (exact) mass is 315 g/mol. The van der Waals surface area contributed by atoms with Gasteiger partial charge in [0, 0.05) is 15.4 Å². The number of carbonyl (C=O) groups is 1. The van der Waals surface area contributed by atoms with Crippen molar-refractivity contribution in [1.29, 1.82) is 0 Å². The van der Waals surface area contributed by atoms with Crippen molar-refractivity contribution in [3.63, 3.8) is 0 Å². The zero-order chi connectivity index (χ0) is 12.8. The van der Waals surface area contributed by atoms with Gasteiger partial charge in [0.15, 0.2) is 0 Å². The molecule has 0 aliphatic heterocycles. The molecule has 0 heterocycles. The lowest BCUT2D eigenvalue weighted by atomic mass is 10.1. The fraction of sp³-hybridized carbons (Fsp3) is 0.462. The summed E-state index contributed by atoms with van der Waals surface area (Å²) in [6.07, 6.45) is 3.05. The maximum absolute atomic E-state index is 12.0. The Kier molecular flexibility index (Phi) is 6.06. The molecule has 0 saturated carbocycles. The molecule has 17 heavy (non-hydrogen) atoms. The van der Waals surface area contributed by atoms with E-state index in [1.165, 1.54) is 0 Å². The maximum Gasteiger partial charge on any atom is 0.252 e. The van der Waals surface area contributed by atoms with Gasteiger partial charge in [0.2, 0.25) is 0 Å². The minimum atomic E-state index is -0.0391. The minimum absolute atomic E-state index is 0.0391. The third kappa shape index (κ3) is 4.36. The van der Waals surface area contributed by atoms with E-state index in [0.717, 1.165) is 23.7 Å². The highest BCUT2D eigenvalue weighted by atomic mass is 79.9. The molecular weight excluding hydrogens is 298 g/mol. The van der Waals surface area contributed by atoms with Gasteiger partial charge in [-0.05, 0) is 31.0 Å². The van der Waals surface area contributed by atoms with E-state index in [9.17, 15) is 4.79 Å². The Bertz CT molecular complexity index is 395. The van der Waals surface area contributed by atoms with Crippen LogP contribution in [-0.2, 0) is 0 Å². The predicted octanol–water partition coefficient (Wildman–Crippen LogP) is 4.05. The molecule has 94 valence electrons. The SMILES string of the molecule is CCCC(CC)NC(=O)c1ccc(Br)cc1S. The zero-order valence-corrected chi connectivity index (χ0v) is 12.6. The van der Waals surface area contributed by atoms with Crippen LogP contribution in [0.4, 0.5) is 0 Å². The molecule has 1 atom stereocenters. The van der Waals surface area contributed by atoms with Crippen molar-refractivity contribution in [1.82, 2.24) is 5.32 Å². The summed E-state index contributed by atoms with van der Waals surface area (Å²) in [4.78, 5) is 12.7. The fourth-order valence-electron chi connectivity index (χ4n) is 1.69. The summed E-state index contributed by atoms with van der Waals surface area (Å²) in [6.45, 7) is 4.21. The molecule has 0 aliphatic carbocycles. The normalized spacial score (nSPS) is 12.2. The van der Waals surface area contributed by atoms with Crippen LogP contribution in [0.1, 0.15) is 43.5 Å². The summed E-state index contributed by atoms with van der Waals surface area (Å²) in [5.41, 5.74) is 0.631. The highest BCUT2D eigenvalue weighted by molar-refractivity contribution is 9.10. The molecule has 0 bridgehead atoms. The fourth-order valence-corrected chi connectivity index (χ4v) is 2.54. The second-order valence-corrected chi connectivity index (χ2v) is 5.43. The summed E-state index contributed by atoms with van der Waals surface area (Å²) in [5, 5.41) is 3.04. The smallest absolute Gasteiger partial charge is 0.252 e. The quantitative estimate of drug-likeness (QED) is 0.789. The first-order chi connectivity index (χ1) is 8.08. The lowest BCUT2D eigenvalue weighted by Crippen LogP contribution is -2.34. The van der Waals surface area contributed by atoms with E-state index in [0.29, 0.717) is 10.5 Å². The van der Waals surface area contributed by atoms with E-state index in [4.69, 9.17) is 0 Å².